The lowest BCUT2D eigenvalue weighted by molar-refractivity contribution is -0.385. The van der Waals surface area contributed by atoms with Crippen LogP contribution >= 0.6 is 11.8 Å². The van der Waals surface area contributed by atoms with E-state index in [1.165, 1.54) is 45.3 Å². The Morgan fingerprint density at radius 2 is 1.62 bits per heavy atom. The largest absolute Gasteiger partial charge is 0.493 e. The maximum Gasteiger partial charge on any atom is 0.277 e. The third-order valence-corrected chi connectivity index (χ3v) is 6.12. The minimum Gasteiger partial charge on any atom is -0.493 e. The summed E-state index contributed by atoms with van der Waals surface area (Å²) in [6, 6.07) is 3.25. The molecular weight excluding hydrogens is 350 g/mol. The number of hydrogen-bond donors (Lipinski definition) is 0. The van der Waals surface area contributed by atoms with Crippen molar-refractivity contribution in [2.45, 2.75) is 64.5 Å². The molecule has 5 nitrogen and oxygen atoms in total. The molecule has 26 heavy (non-hydrogen) atoms. The Kier molecular flexibility index (Phi) is 10.5. The number of unbranched alkanes of at least 4 members (excludes halogenated alkanes) is 5. The third kappa shape index (κ3) is 6.71. The maximum atomic E-state index is 11.6. The molecule has 0 aliphatic heterocycles. The van der Waals surface area contributed by atoms with Crippen molar-refractivity contribution in [1.82, 2.24) is 0 Å². The standard InChI is InChI=1S/C20H33NO4S/c1-6-7-8-9-10-11-12-26-20(15(2)3)16-13-18(24-4)19(25-5)14-17(16)21(22)23/h13-15,20H,6-12H2,1-5H3. The van der Waals surface area contributed by atoms with E-state index in [9.17, 15) is 10.1 Å². The SMILES string of the molecule is CCCCCCCCSC(c1cc(OC)c(OC)cc1[N+](=O)[O-])C(C)C. The fourth-order valence-corrected chi connectivity index (χ4v) is 4.38. The average Bonchev–Trinajstić information content (AvgIpc) is 2.62. The zero-order chi connectivity index (χ0) is 19.5. The van der Waals surface area contributed by atoms with E-state index >= 15 is 0 Å². The van der Waals surface area contributed by atoms with Crippen molar-refractivity contribution in [2.24, 2.45) is 5.92 Å². The van der Waals surface area contributed by atoms with Gasteiger partial charge in [0.05, 0.1) is 25.2 Å². The lowest BCUT2D eigenvalue weighted by atomic mass is 10.00. The second-order valence-electron chi connectivity index (χ2n) is 6.83. The maximum absolute atomic E-state index is 11.6. The summed E-state index contributed by atoms with van der Waals surface area (Å²) in [5, 5.41) is 11.7. The summed E-state index contributed by atoms with van der Waals surface area (Å²) < 4.78 is 10.6. The molecule has 0 aromatic heterocycles. The lowest BCUT2D eigenvalue weighted by Crippen LogP contribution is -2.08. The van der Waals surface area contributed by atoms with Crippen molar-refractivity contribution in [1.29, 1.82) is 0 Å². The van der Waals surface area contributed by atoms with Crippen LogP contribution in [0.4, 0.5) is 5.69 Å². The molecule has 0 N–H and O–H groups in total. The molecule has 0 saturated carbocycles. The molecule has 0 bridgehead atoms. The van der Waals surface area contributed by atoms with Crippen LogP contribution < -0.4 is 9.47 Å². The molecule has 0 aliphatic carbocycles. The fourth-order valence-electron chi connectivity index (χ4n) is 3.00. The Morgan fingerprint density at radius 3 is 2.15 bits per heavy atom. The normalized spacial score (nSPS) is 12.2. The van der Waals surface area contributed by atoms with Gasteiger partial charge in [-0.2, -0.15) is 11.8 Å². The summed E-state index contributed by atoms with van der Waals surface area (Å²) >= 11 is 1.81. The van der Waals surface area contributed by atoms with Crippen LogP contribution in [0, 0.1) is 16.0 Å². The van der Waals surface area contributed by atoms with Crippen molar-refractivity contribution in [3.05, 3.63) is 27.8 Å². The molecule has 1 atom stereocenters. The molecule has 1 aromatic carbocycles. The van der Waals surface area contributed by atoms with E-state index in [2.05, 4.69) is 20.8 Å². The Morgan fingerprint density at radius 1 is 1.04 bits per heavy atom. The number of benzene rings is 1. The molecule has 0 fully saturated rings. The third-order valence-electron chi connectivity index (χ3n) is 4.44. The average molecular weight is 384 g/mol. The van der Waals surface area contributed by atoms with Crippen LogP contribution in [0.3, 0.4) is 0 Å². The number of nitrogens with zero attached hydrogens (tertiary/aromatic N) is 1. The minimum atomic E-state index is -0.321. The highest BCUT2D eigenvalue weighted by Gasteiger charge is 2.28. The van der Waals surface area contributed by atoms with Gasteiger partial charge in [0, 0.05) is 10.8 Å². The van der Waals surface area contributed by atoms with E-state index in [0.717, 1.165) is 17.7 Å². The van der Waals surface area contributed by atoms with Gasteiger partial charge in [0.25, 0.3) is 5.69 Å². The molecule has 0 saturated heterocycles. The Labute approximate surface area is 162 Å². The molecule has 0 aliphatic rings. The first-order valence-electron chi connectivity index (χ1n) is 9.48. The summed E-state index contributed by atoms with van der Waals surface area (Å²) in [6.07, 6.45) is 7.52. The highest BCUT2D eigenvalue weighted by Crippen LogP contribution is 2.45. The second-order valence-corrected chi connectivity index (χ2v) is 8.08. The van der Waals surface area contributed by atoms with Crippen LogP contribution in [0.5, 0.6) is 11.5 Å². The van der Waals surface area contributed by atoms with Crippen molar-refractivity contribution < 1.29 is 14.4 Å². The smallest absolute Gasteiger partial charge is 0.277 e. The number of thioether (sulfide) groups is 1. The number of rotatable bonds is 13. The molecule has 6 heteroatoms. The summed E-state index contributed by atoms with van der Waals surface area (Å²) in [6.45, 7) is 6.44. The number of hydrogen-bond acceptors (Lipinski definition) is 5. The summed E-state index contributed by atoms with van der Waals surface area (Å²) in [4.78, 5) is 11.3. The molecule has 148 valence electrons. The van der Waals surface area contributed by atoms with Gasteiger partial charge >= 0.3 is 0 Å². The van der Waals surface area contributed by atoms with Crippen molar-refractivity contribution in [2.75, 3.05) is 20.0 Å². The van der Waals surface area contributed by atoms with E-state index < -0.39 is 0 Å². The van der Waals surface area contributed by atoms with Crippen molar-refractivity contribution in [3.8, 4) is 11.5 Å². The number of ether oxygens (including phenoxy) is 2. The van der Waals surface area contributed by atoms with Gasteiger partial charge in [-0.05, 0) is 24.2 Å². The Bertz CT molecular complexity index is 563. The molecule has 1 rings (SSSR count). The van der Waals surface area contributed by atoms with Crippen molar-refractivity contribution in [3.63, 3.8) is 0 Å². The summed E-state index contributed by atoms with van der Waals surface area (Å²) in [5.74, 6) is 2.24. The lowest BCUT2D eigenvalue weighted by Gasteiger charge is -2.22. The van der Waals surface area contributed by atoms with Gasteiger partial charge in [-0.15, -0.1) is 0 Å². The van der Waals surface area contributed by atoms with E-state index in [0.29, 0.717) is 11.5 Å². The van der Waals surface area contributed by atoms with Gasteiger partial charge in [0.15, 0.2) is 11.5 Å². The van der Waals surface area contributed by atoms with Crippen LogP contribution in [0.2, 0.25) is 0 Å². The quantitative estimate of drug-likeness (QED) is 0.224. The highest BCUT2D eigenvalue weighted by atomic mass is 32.2. The number of nitro benzene ring substituents is 1. The Hall–Kier alpha value is -1.43. The second kappa shape index (κ2) is 12.0. The predicted octanol–water partition coefficient (Wildman–Crippen LogP) is 6.40. The van der Waals surface area contributed by atoms with E-state index in [-0.39, 0.29) is 21.8 Å². The van der Waals surface area contributed by atoms with Gasteiger partial charge in [-0.3, -0.25) is 10.1 Å². The minimum absolute atomic E-state index is 0.0610. The highest BCUT2D eigenvalue weighted by molar-refractivity contribution is 7.99. The van der Waals surface area contributed by atoms with Gasteiger partial charge in [-0.1, -0.05) is 52.9 Å². The summed E-state index contributed by atoms with van der Waals surface area (Å²) in [5.41, 5.74) is 0.829. The molecule has 0 amide bonds. The fraction of sp³-hybridized carbons (Fsp3) is 0.700. The first-order chi connectivity index (χ1) is 12.5. The predicted molar refractivity (Wildman–Crippen MR) is 110 cm³/mol. The van der Waals surface area contributed by atoms with Crippen LogP contribution in [0.25, 0.3) is 0 Å². The van der Waals surface area contributed by atoms with E-state index in [4.69, 9.17) is 9.47 Å². The molecule has 0 spiro atoms. The van der Waals surface area contributed by atoms with E-state index in [1.54, 1.807) is 13.2 Å². The van der Waals surface area contributed by atoms with Gasteiger partial charge in [0.1, 0.15) is 0 Å². The topological polar surface area (TPSA) is 61.6 Å². The molecule has 0 radical (unpaired) electrons. The van der Waals surface area contributed by atoms with E-state index in [1.807, 2.05) is 11.8 Å². The Balaban J connectivity index is 2.89. The van der Waals surface area contributed by atoms with Crippen molar-refractivity contribution >= 4 is 17.4 Å². The number of nitro groups is 1. The first-order valence-corrected chi connectivity index (χ1v) is 10.5. The number of methoxy groups -OCH3 is 2. The molecule has 0 heterocycles. The zero-order valence-corrected chi connectivity index (χ0v) is 17.6. The van der Waals surface area contributed by atoms with Gasteiger partial charge in [-0.25, -0.2) is 0 Å². The van der Waals surface area contributed by atoms with Gasteiger partial charge < -0.3 is 9.47 Å². The van der Waals surface area contributed by atoms with Gasteiger partial charge in [0.2, 0.25) is 0 Å². The van der Waals surface area contributed by atoms with Crippen LogP contribution in [-0.2, 0) is 0 Å². The summed E-state index contributed by atoms with van der Waals surface area (Å²) in [7, 11) is 3.05. The molecular formula is C20H33NO4S. The zero-order valence-electron chi connectivity index (χ0n) is 16.7. The monoisotopic (exact) mass is 383 g/mol. The molecule has 1 unspecified atom stereocenters. The molecule has 1 aromatic rings. The van der Waals surface area contributed by atoms with Crippen LogP contribution in [0.1, 0.15) is 70.1 Å². The van der Waals surface area contributed by atoms with Crippen LogP contribution in [0.15, 0.2) is 12.1 Å². The first kappa shape index (κ1) is 22.6. The van der Waals surface area contributed by atoms with Crippen LogP contribution in [-0.4, -0.2) is 24.9 Å².